The van der Waals surface area contributed by atoms with Crippen LogP contribution >= 0.6 is 0 Å². The number of piperazine rings is 1. The Balaban J connectivity index is 0.859. The number of carbonyl (C=O) groups is 3. The Labute approximate surface area is 312 Å². The smallest absolute Gasteiger partial charge is 0.274 e. The standard InChI is InChI=1S/C40H47FN8O5/c1-24(2)54-34-19-36-43-32(23-48(36)22-29(34)39(52)44-31-4-3-13-49(40(31)53)33-18-30(33)41)26-7-5-25(6-8-26)21-46-14-16-47(17-15-46)35-11-9-27(20-42-35)28-10-12-37(50)45-38(28)51/h3-4,9,11,13,19-20,22-26,28,30,33H,5-8,10,12,14-18,21H2,1-2H3,(H,44,52)(H,45,50,51)/t25?,26?,28?,30-,33+/m1/s1. The van der Waals surface area contributed by atoms with Gasteiger partial charge in [-0.1, -0.05) is 6.07 Å². The zero-order valence-electron chi connectivity index (χ0n) is 30.7. The van der Waals surface area contributed by atoms with Crippen LogP contribution in [-0.2, 0) is 9.59 Å². The number of hydrogen-bond acceptors (Lipinski definition) is 9. The van der Waals surface area contributed by atoms with Crippen molar-refractivity contribution in [3.63, 3.8) is 0 Å². The van der Waals surface area contributed by atoms with Crippen molar-refractivity contribution in [2.45, 2.75) is 88.9 Å². The van der Waals surface area contributed by atoms with E-state index in [1.54, 1.807) is 30.7 Å². The van der Waals surface area contributed by atoms with E-state index in [1.807, 2.05) is 36.6 Å². The first-order valence-electron chi connectivity index (χ1n) is 19.2. The number of halogens is 1. The number of fused-ring (bicyclic) bond motifs is 1. The van der Waals surface area contributed by atoms with Crippen LogP contribution in [0.25, 0.3) is 5.65 Å². The van der Waals surface area contributed by atoms with Gasteiger partial charge in [-0.25, -0.2) is 14.4 Å². The molecule has 2 saturated heterocycles. The summed E-state index contributed by atoms with van der Waals surface area (Å²) in [5, 5.41) is 5.17. The largest absolute Gasteiger partial charge is 0.490 e. The molecular formula is C40H47FN8O5. The number of imide groups is 1. The van der Waals surface area contributed by atoms with Gasteiger partial charge in [-0.05, 0) is 75.6 Å². The van der Waals surface area contributed by atoms with Gasteiger partial charge in [-0.2, -0.15) is 0 Å². The Kier molecular flexibility index (Phi) is 9.95. The summed E-state index contributed by atoms with van der Waals surface area (Å²) in [5.41, 5.74) is 2.50. The molecule has 14 heteroatoms. The molecule has 4 aliphatic rings. The molecule has 2 aliphatic heterocycles. The van der Waals surface area contributed by atoms with Crippen molar-refractivity contribution in [2.75, 3.05) is 42.9 Å². The maximum atomic E-state index is 13.7. The number of anilines is 2. The first-order valence-corrected chi connectivity index (χ1v) is 19.2. The number of imidazole rings is 1. The second kappa shape index (κ2) is 15.0. The Morgan fingerprint density at radius 3 is 2.50 bits per heavy atom. The number of aromatic nitrogens is 4. The first-order chi connectivity index (χ1) is 26.1. The summed E-state index contributed by atoms with van der Waals surface area (Å²) < 4.78 is 23.0. The Morgan fingerprint density at radius 1 is 1.04 bits per heavy atom. The number of alkyl halides is 1. The highest BCUT2D eigenvalue weighted by Crippen LogP contribution is 2.38. The van der Waals surface area contributed by atoms with Crippen LogP contribution in [0.15, 0.2) is 59.9 Å². The molecular weight excluding hydrogens is 691 g/mol. The number of ether oxygens (including phenoxy) is 1. The number of amides is 3. The van der Waals surface area contributed by atoms with Crippen molar-refractivity contribution in [3.8, 4) is 5.75 Å². The third kappa shape index (κ3) is 7.61. The molecule has 1 unspecified atom stereocenters. The van der Waals surface area contributed by atoms with Crippen LogP contribution in [-0.4, -0.2) is 86.6 Å². The Bertz CT molecular complexity index is 2100. The predicted octanol–water partition coefficient (Wildman–Crippen LogP) is 4.83. The summed E-state index contributed by atoms with van der Waals surface area (Å²) in [6.45, 7) is 8.59. The van der Waals surface area contributed by atoms with Gasteiger partial charge in [0.2, 0.25) is 11.8 Å². The Morgan fingerprint density at radius 2 is 1.81 bits per heavy atom. The normalized spacial score (nSPS) is 24.8. The van der Waals surface area contributed by atoms with Crippen molar-refractivity contribution in [1.29, 1.82) is 0 Å². The fourth-order valence-corrected chi connectivity index (χ4v) is 8.22. The van der Waals surface area contributed by atoms with E-state index in [-0.39, 0.29) is 35.1 Å². The molecule has 0 aromatic carbocycles. The number of carbonyl (C=O) groups excluding carboxylic acids is 3. The molecule has 0 spiro atoms. The summed E-state index contributed by atoms with van der Waals surface area (Å²) in [4.78, 5) is 64.8. The molecule has 2 saturated carbocycles. The molecule has 4 fully saturated rings. The van der Waals surface area contributed by atoms with E-state index < -0.39 is 23.7 Å². The topological polar surface area (TPSA) is 143 Å². The average molecular weight is 739 g/mol. The highest BCUT2D eigenvalue weighted by Gasteiger charge is 2.40. The lowest BCUT2D eigenvalue weighted by atomic mass is 9.80. The zero-order chi connectivity index (χ0) is 37.5. The molecule has 3 atom stereocenters. The van der Waals surface area contributed by atoms with E-state index in [9.17, 15) is 23.6 Å². The summed E-state index contributed by atoms with van der Waals surface area (Å²) in [5.74, 6) is 0.995. The van der Waals surface area contributed by atoms with Gasteiger partial charge in [0.1, 0.15) is 29.1 Å². The minimum absolute atomic E-state index is 0.0949. The van der Waals surface area contributed by atoms with Gasteiger partial charge < -0.3 is 23.9 Å². The molecule has 2 N–H and O–H groups in total. The van der Waals surface area contributed by atoms with E-state index in [4.69, 9.17) is 9.72 Å². The number of piperidine rings is 1. The third-order valence-corrected chi connectivity index (χ3v) is 11.3. The third-order valence-electron chi connectivity index (χ3n) is 11.3. The molecule has 2 aliphatic carbocycles. The van der Waals surface area contributed by atoms with Gasteiger partial charge in [-0.3, -0.25) is 29.4 Å². The molecule has 6 heterocycles. The van der Waals surface area contributed by atoms with E-state index >= 15 is 0 Å². The summed E-state index contributed by atoms with van der Waals surface area (Å²) in [6.07, 6.45) is 11.3. The maximum Gasteiger partial charge on any atom is 0.274 e. The zero-order valence-corrected chi connectivity index (χ0v) is 30.7. The van der Waals surface area contributed by atoms with E-state index in [1.165, 1.54) is 10.6 Å². The van der Waals surface area contributed by atoms with Crippen LogP contribution in [0.4, 0.5) is 15.9 Å². The monoisotopic (exact) mass is 738 g/mol. The quantitative estimate of drug-likeness (QED) is 0.219. The van der Waals surface area contributed by atoms with Gasteiger partial charge in [0.15, 0.2) is 0 Å². The molecule has 8 rings (SSSR count). The summed E-state index contributed by atoms with van der Waals surface area (Å²) in [6, 6.07) is 8.43. The molecule has 4 aromatic rings. The van der Waals surface area contributed by atoms with Crippen molar-refractivity contribution < 1.29 is 23.5 Å². The average Bonchev–Trinajstić information content (AvgIpc) is 3.74. The van der Waals surface area contributed by atoms with Crippen molar-refractivity contribution in [3.05, 3.63) is 82.3 Å². The highest BCUT2D eigenvalue weighted by atomic mass is 19.1. The van der Waals surface area contributed by atoms with Gasteiger partial charge >= 0.3 is 0 Å². The minimum Gasteiger partial charge on any atom is -0.490 e. The lowest BCUT2D eigenvalue weighted by Gasteiger charge is -2.38. The second-order valence-corrected chi connectivity index (χ2v) is 15.5. The lowest BCUT2D eigenvalue weighted by molar-refractivity contribution is -0.134. The number of nitrogens with zero attached hydrogens (tertiary/aromatic N) is 6. The SMILES string of the molecule is CC(C)Oc1cc2nc(C3CCC(CN4CCN(c5ccc(C6CCC(=O)NC6=O)cn5)CC4)CC3)cn2cc1C(=O)Nc1cccn([C@H]2C[C@H]2F)c1=O. The number of hydrogen-bond donors (Lipinski definition) is 2. The van der Waals surface area contributed by atoms with Gasteiger partial charge in [-0.15, -0.1) is 0 Å². The number of pyridine rings is 3. The van der Waals surface area contributed by atoms with Crippen LogP contribution in [0.2, 0.25) is 0 Å². The van der Waals surface area contributed by atoms with E-state index in [0.717, 1.165) is 75.5 Å². The molecule has 13 nitrogen and oxygen atoms in total. The molecule has 3 amide bonds. The minimum atomic E-state index is -1.04. The van der Waals surface area contributed by atoms with Crippen LogP contribution in [0.3, 0.4) is 0 Å². The molecule has 0 bridgehead atoms. The lowest BCUT2D eigenvalue weighted by Crippen LogP contribution is -2.48. The molecule has 4 aromatic heterocycles. The van der Waals surface area contributed by atoms with Crippen LogP contribution in [0.5, 0.6) is 5.75 Å². The van der Waals surface area contributed by atoms with Gasteiger partial charge in [0, 0.05) is 82.3 Å². The summed E-state index contributed by atoms with van der Waals surface area (Å²) >= 11 is 0. The van der Waals surface area contributed by atoms with Gasteiger partial charge in [0.25, 0.3) is 11.5 Å². The van der Waals surface area contributed by atoms with Crippen LogP contribution in [0, 0.1) is 5.92 Å². The van der Waals surface area contributed by atoms with Crippen molar-refractivity contribution >= 4 is 34.9 Å². The van der Waals surface area contributed by atoms with Crippen LogP contribution in [0.1, 0.15) is 98.3 Å². The second-order valence-electron chi connectivity index (χ2n) is 15.5. The highest BCUT2D eigenvalue weighted by molar-refractivity contribution is 6.06. The van der Waals surface area contributed by atoms with E-state index in [2.05, 4.69) is 25.4 Å². The molecule has 0 radical (unpaired) electrons. The van der Waals surface area contributed by atoms with Gasteiger partial charge in [0.05, 0.1) is 29.3 Å². The fourth-order valence-electron chi connectivity index (χ4n) is 8.22. The maximum absolute atomic E-state index is 13.7. The predicted molar refractivity (Wildman–Crippen MR) is 201 cm³/mol. The number of rotatable bonds is 10. The fraction of sp³-hybridized carbons (Fsp3) is 0.500. The van der Waals surface area contributed by atoms with E-state index in [0.29, 0.717) is 42.5 Å². The Hall–Kier alpha value is -5.11. The first kappa shape index (κ1) is 35.9. The van der Waals surface area contributed by atoms with Crippen molar-refractivity contribution in [1.82, 2.24) is 29.2 Å². The summed E-state index contributed by atoms with van der Waals surface area (Å²) in [7, 11) is 0. The van der Waals surface area contributed by atoms with Crippen LogP contribution < -0.4 is 25.8 Å². The molecule has 284 valence electrons. The number of nitrogens with one attached hydrogen (secondary N) is 2. The van der Waals surface area contributed by atoms with Crippen molar-refractivity contribution in [2.24, 2.45) is 5.92 Å². The molecule has 54 heavy (non-hydrogen) atoms.